The Hall–Kier alpha value is -0.660. The lowest BCUT2D eigenvalue weighted by Gasteiger charge is -2.12. The molecule has 208 valence electrons. The third-order valence-electron chi connectivity index (χ3n) is 7.75. The molecule has 1 atom stereocenters. The predicted molar refractivity (Wildman–Crippen MR) is 155 cm³/mol. The molecule has 0 saturated heterocycles. The maximum absolute atomic E-state index is 12.6. The van der Waals surface area contributed by atoms with Gasteiger partial charge in [-0.3, -0.25) is 9.59 Å². The summed E-state index contributed by atoms with van der Waals surface area (Å²) in [6, 6.07) is 0. The van der Waals surface area contributed by atoms with Crippen LogP contribution in [0.25, 0.3) is 0 Å². The van der Waals surface area contributed by atoms with Crippen LogP contribution in [0.2, 0.25) is 0 Å². The fourth-order valence-corrected chi connectivity index (χ4v) is 5.27. The van der Waals surface area contributed by atoms with Crippen LogP contribution < -0.4 is 0 Å². The summed E-state index contributed by atoms with van der Waals surface area (Å²) in [4.78, 5) is 24.6. The van der Waals surface area contributed by atoms with E-state index in [1.165, 1.54) is 141 Å². The summed E-state index contributed by atoms with van der Waals surface area (Å²) < 4.78 is 0. The van der Waals surface area contributed by atoms with E-state index in [0.29, 0.717) is 6.42 Å². The Morgan fingerprint density at radius 2 is 0.714 bits per heavy atom. The number of carbonyl (C=O) groups is 2. The first kappa shape index (κ1) is 34.3. The molecular formula is C33H64O2. The first-order chi connectivity index (χ1) is 17.1. The van der Waals surface area contributed by atoms with Crippen LogP contribution in [-0.4, -0.2) is 11.6 Å². The van der Waals surface area contributed by atoms with Crippen molar-refractivity contribution in [1.29, 1.82) is 0 Å². The van der Waals surface area contributed by atoms with Crippen LogP contribution >= 0.6 is 0 Å². The van der Waals surface area contributed by atoms with E-state index in [0.717, 1.165) is 25.7 Å². The second-order valence-electron chi connectivity index (χ2n) is 11.3. The van der Waals surface area contributed by atoms with Crippen molar-refractivity contribution >= 4 is 11.6 Å². The Bertz CT molecular complexity index is 456. The van der Waals surface area contributed by atoms with Gasteiger partial charge < -0.3 is 0 Å². The maximum atomic E-state index is 12.6. The molecule has 0 radical (unpaired) electrons. The van der Waals surface area contributed by atoms with Crippen molar-refractivity contribution in [3.05, 3.63) is 0 Å². The molecule has 0 aliphatic carbocycles. The number of hydrogen-bond donors (Lipinski definition) is 0. The Kier molecular flexibility index (Phi) is 27.4. The fourth-order valence-electron chi connectivity index (χ4n) is 5.27. The minimum atomic E-state index is -0.324. The molecule has 0 saturated carbocycles. The minimum Gasteiger partial charge on any atom is -0.299 e. The second-order valence-corrected chi connectivity index (χ2v) is 11.3. The van der Waals surface area contributed by atoms with Crippen LogP contribution in [0.15, 0.2) is 0 Å². The van der Waals surface area contributed by atoms with Gasteiger partial charge in [0.25, 0.3) is 0 Å². The molecule has 0 aliphatic rings. The molecule has 0 aromatic rings. The van der Waals surface area contributed by atoms with E-state index in [1.54, 1.807) is 6.92 Å². The zero-order valence-electron chi connectivity index (χ0n) is 24.5. The van der Waals surface area contributed by atoms with Gasteiger partial charge in [-0.1, -0.05) is 168 Å². The summed E-state index contributed by atoms with van der Waals surface area (Å²) in [6.07, 6.45) is 34.4. The molecule has 0 N–H and O–H groups in total. The Balaban J connectivity index is 3.57. The zero-order valence-corrected chi connectivity index (χ0v) is 24.5. The summed E-state index contributed by atoms with van der Waals surface area (Å²) in [5, 5.41) is 0. The average Bonchev–Trinajstić information content (AvgIpc) is 2.84. The van der Waals surface area contributed by atoms with Crippen LogP contribution in [0.4, 0.5) is 0 Å². The summed E-state index contributed by atoms with van der Waals surface area (Å²) >= 11 is 0. The molecule has 0 aromatic heterocycles. The summed E-state index contributed by atoms with van der Waals surface area (Å²) in [5.74, 6) is -0.0219. The summed E-state index contributed by atoms with van der Waals surface area (Å²) in [7, 11) is 0. The van der Waals surface area contributed by atoms with Gasteiger partial charge in [-0.05, 0) is 19.8 Å². The molecule has 0 bridgehead atoms. The fraction of sp³-hybridized carbons (Fsp3) is 0.939. The van der Waals surface area contributed by atoms with Crippen LogP contribution in [-0.2, 0) is 9.59 Å². The molecule has 0 amide bonds. The molecule has 0 fully saturated rings. The minimum absolute atomic E-state index is 0.0905. The van der Waals surface area contributed by atoms with Crippen LogP contribution in [0.1, 0.15) is 194 Å². The van der Waals surface area contributed by atoms with Crippen molar-refractivity contribution < 1.29 is 9.59 Å². The van der Waals surface area contributed by atoms with Crippen LogP contribution in [0.3, 0.4) is 0 Å². The normalized spacial score (nSPS) is 12.2. The van der Waals surface area contributed by atoms with Crippen molar-refractivity contribution in [1.82, 2.24) is 0 Å². The molecule has 2 heteroatoms. The highest BCUT2D eigenvalue weighted by molar-refractivity contribution is 6.01. The van der Waals surface area contributed by atoms with Gasteiger partial charge in [-0.15, -0.1) is 0 Å². The molecule has 0 aliphatic heterocycles. The van der Waals surface area contributed by atoms with Crippen molar-refractivity contribution in [3.63, 3.8) is 0 Å². The van der Waals surface area contributed by atoms with E-state index < -0.39 is 0 Å². The Morgan fingerprint density at radius 1 is 0.429 bits per heavy atom. The third-order valence-corrected chi connectivity index (χ3v) is 7.75. The lowest BCUT2D eigenvalue weighted by Crippen LogP contribution is -2.21. The average molecular weight is 493 g/mol. The van der Waals surface area contributed by atoms with Gasteiger partial charge >= 0.3 is 0 Å². The van der Waals surface area contributed by atoms with Gasteiger partial charge in [0.15, 0.2) is 0 Å². The molecule has 2 nitrogen and oxygen atoms in total. The van der Waals surface area contributed by atoms with Gasteiger partial charge in [0.2, 0.25) is 0 Å². The number of carbonyl (C=O) groups excluding carboxylic acids is 2. The highest BCUT2D eigenvalue weighted by Crippen LogP contribution is 2.19. The molecule has 1 unspecified atom stereocenters. The van der Waals surface area contributed by atoms with Crippen molar-refractivity contribution in [2.45, 2.75) is 194 Å². The maximum Gasteiger partial charge on any atom is 0.143 e. The van der Waals surface area contributed by atoms with E-state index in [4.69, 9.17) is 0 Å². The van der Waals surface area contributed by atoms with Gasteiger partial charge in [0, 0.05) is 6.42 Å². The van der Waals surface area contributed by atoms with Crippen LogP contribution in [0, 0.1) is 5.92 Å². The van der Waals surface area contributed by atoms with Crippen molar-refractivity contribution in [2.75, 3.05) is 0 Å². The second kappa shape index (κ2) is 27.9. The summed E-state index contributed by atoms with van der Waals surface area (Å²) in [5.41, 5.74) is 0. The van der Waals surface area contributed by atoms with E-state index in [1.807, 2.05) is 0 Å². The number of hydrogen-bond acceptors (Lipinski definition) is 2. The molecule has 35 heavy (non-hydrogen) atoms. The highest BCUT2D eigenvalue weighted by Gasteiger charge is 2.21. The van der Waals surface area contributed by atoms with E-state index in [-0.39, 0.29) is 17.5 Å². The largest absolute Gasteiger partial charge is 0.299 e. The van der Waals surface area contributed by atoms with Gasteiger partial charge in [0.05, 0.1) is 5.92 Å². The van der Waals surface area contributed by atoms with E-state index in [2.05, 4.69) is 13.8 Å². The monoisotopic (exact) mass is 492 g/mol. The van der Waals surface area contributed by atoms with Crippen molar-refractivity contribution in [3.8, 4) is 0 Å². The third kappa shape index (κ3) is 24.8. The first-order valence-electron chi connectivity index (χ1n) is 16.2. The summed E-state index contributed by atoms with van der Waals surface area (Å²) in [6.45, 7) is 6.17. The Morgan fingerprint density at radius 3 is 1.03 bits per heavy atom. The molecule has 0 spiro atoms. The number of ketones is 2. The predicted octanol–water partition coefficient (Wildman–Crippen LogP) is 11.3. The SMILES string of the molecule is CCCCCCCCCCCCCCCCC(C(C)=O)C(=O)CCCCCCCCCCCCC. The smallest absolute Gasteiger partial charge is 0.143 e. The Labute approximate surface area is 221 Å². The quantitative estimate of drug-likeness (QED) is 0.0768. The lowest BCUT2D eigenvalue weighted by atomic mass is 9.90. The zero-order chi connectivity index (χ0) is 25.8. The topological polar surface area (TPSA) is 34.1 Å². The molecule has 0 heterocycles. The van der Waals surface area contributed by atoms with Gasteiger partial charge in [-0.2, -0.15) is 0 Å². The number of unbranched alkanes of at least 4 members (excludes halogenated alkanes) is 23. The highest BCUT2D eigenvalue weighted by atomic mass is 16.1. The number of rotatable bonds is 29. The molecule has 0 rings (SSSR count). The number of Topliss-reactive ketones (excluding diaryl/α,β-unsaturated/α-hetero) is 2. The van der Waals surface area contributed by atoms with E-state index in [9.17, 15) is 9.59 Å². The lowest BCUT2D eigenvalue weighted by molar-refractivity contribution is -0.132. The van der Waals surface area contributed by atoms with Gasteiger partial charge in [-0.25, -0.2) is 0 Å². The first-order valence-corrected chi connectivity index (χ1v) is 16.2. The standard InChI is InChI=1S/C33H64O2/c1-4-6-8-10-12-14-16-17-18-20-21-23-25-27-29-32(31(3)34)33(35)30-28-26-24-22-19-15-13-11-9-7-5-2/h32H,4-30H2,1-3H3. The molecular weight excluding hydrogens is 428 g/mol. The van der Waals surface area contributed by atoms with E-state index >= 15 is 0 Å². The van der Waals surface area contributed by atoms with Crippen molar-refractivity contribution in [2.24, 2.45) is 5.92 Å². The van der Waals surface area contributed by atoms with Gasteiger partial charge in [0.1, 0.15) is 11.6 Å². The molecule has 0 aromatic carbocycles. The van der Waals surface area contributed by atoms with Crippen LogP contribution in [0.5, 0.6) is 0 Å².